The van der Waals surface area contributed by atoms with Crippen LogP contribution in [0, 0.1) is 11.8 Å². The molecule has 4 aliphatic rings. The molecule has 0 radical (unpaired) electrons. The molecule has 3 nitrogen and oxygen atoms in total. The Morgan fingerprint density at radius 3 is 2.96 bits per heavy atom. The fraction of sp³-hybridized carbons (Fsp3) is 0.600. The van der Waals surface area contributed by atoms with Gasteiger partial charge in [-0.2, -0.15) is 0 Å². The first-order valence-electron chi connectivity index (χ1n) is 9.21. The Kier molecular flexibility index (Phi) is 4.04. The van der Waals surface area contributed by atoms with Crippen molar-refractivity contribution in [1.82, 2.24) is 9.88 Å². The van der Waals surface area contributed by atoms with Gasteiger partial charge in [0.25, 0.3) is 0 Å². The second-order valence-corrected chi connectivity index (χ2v) is 7.78. The second-order valence-electron chi connectivity index (χ2n) is 7.78. The monoisotopic (exact) mass is 346 g/mol. The van der Waals surface area contributed by atoms with Gasteiger partial charge in [-0.25, -0.2) is 0 Å². The van der Waals surface area contributed by atoms with Crippen molar-refractivity contribution in [2.75, 3.05) is 20.2 Å². The number of rotatable bonds is 2. The van der Waals surface area contributed by atoms with Gasteiger partial charge in [0.2, 0.25) is 0 Å². The highest BCUT2D eigenvalue weighted by atomic mass is 35.5. The number of hydrogen-bond acceptors (Lipinski definition) is 2. The number of benzene rings is 1. The van der Waals surface area contributed by atoms with Gasteiger partial charge in [-0.3, -0.25) is 4.90 Å². The summed E-state index contributed by atoms with van der Waals surface area (Å²) in [6.45, 7) is 4.96. The van der Waals surface area contributed by atoms with Crippen LogP contribution >= 0.6 is 12.4 Å². The van der Waals surface area contributed by atoms with E-state index in [1.165, 1.54) is 49.7 Å². The van der Waals surface area contributed by atoms with E-state index in [-0.39, 0.29) is 12.4 Å². The summed E-state index contributed by atoms with van der Waals surface area (Å²) in [5, 5.41) is 1.42. The highest BCUT2D eigenvalue weighted by Gasteiger charge is 2.48. The first-order chi connectivity index (χ1) is 11.3. The SMILES string of the molecule is CC[C@H]1C[C@@H]2C[C@H]3c4[nH]c5cc(OC)ccc5c4CCN(C2)[C@@H]13.Cl. The van der Waals surface area contributed by atoms with Gasteiger partial charge in [0.1, 0.15) is 5.75 Å². The maximum Gasteiger partial charge on any atom is 0.120 e. The van der Waals surface area contributed by atoms with E-state index >= 15 is 0 Å². The van der Waals surface area contributed by atoms with E-state index in [0.717, 1.165) is 23.6 Å². The zero-order chi connectivity index (χ0) is 15.6. The van der Waals surface area contributed by atoms with E-state index in [9.17, 15) is 0 Å². The number of ether oxygens (including phenoxy) is 1. The lowest BCUT2D eigenvalue weighted by atomic mass is 9.65. The smallest absolute Gasteiger partial charge is 0.120 e. The molecule has 1 aromatic carbocycles. The third-order valence-corrected chi connectivity index (χ3v) is 6.72. The summed E-state index contributed by atoms with van der Waals surface area (Å²) in [4.78, 5) is 6.63. The number of methoxy groups -OCH3 is 1. The largest absolute Gasteiger partial charge is 0.497 e. The molecule has 1 aliphatic carbocycles. The maximum absolute atomic E-state index is 5.42. The van der Waals surface area contributed by atoms with Crippen molar-refractivity contribution in [1.29, 1.82) is 0 Å². The third-order valence-electron chi connectivity index (χ3n) is 6.72. The topological polar surface area (TPSA) is 28.3 Å². The van der Waals surface area contributed by atoms with Gasteiger partial charge in [0.15, 0.2) is 0 Å². The number of nitrogens with one attached hydrogen (secondary N) is 1. The fourth-order valence-electron chi connectivity index (χ4n) is 5.81. The van der Waals surface area contributed by atoms with Crippen LogP contribution in [0.15, 0.2) is 18.2 Å². The van der Waals surface area contributed by atoms with Gasteiger partial charge in [-0.05, 0) is 48.8 Å². The summed E-state index contributed by atoms with van der Waals surface area (Å²) >= 11 is 0. The molecule has 2 aromatic rings. The van der Waals surface area contributed by atoms with Crippen LogP contribution in [0.4, 0.5) is 0 Å². The summed E-state index contributed by atoms with van der Waals surface area (Å²) in [5.74, 6) is 3.46. The van der Waals surface area contributed by atoms with Crippen molar-refractivity contribution in [3.8, 4) is 5.75 Å². The summed E-state index contributed by atoms with van der Waals surface area (Å²) in [6, 6.07) is 7.29. The van der Waals surface area contributed by atoms with Crippen molar-refractivity contribution in [3.05, 3.63) is 29.5 Å². The van der Waals surface area contributed by atoms with E-state index in [0.29, 0.717) is 5.92 Å². The predicted octanol–water partition coefficient (Wildman–Crippen LogP) is 4.36. The van der Waals surface area contributed by atoms with Crippen LogP contribution in [0.3, 0.4) is 0 Å². The minimum absolute atomic E-state index is 0. The average molecular weight is 347 g/mol. The molecule has 4 bridgehead atoms. The zero-order valence-corrected chi connectivity index (χ0v) is 15.4. The summed E-state index contributed by atoms with van der Waals surface area (Å²) in [6.07, 6.45) is 5.36. The number of nitrogens with zero attached hydrogens (tertiary/aromatic N) is 1. The lowest BCUT2D eigenvalue weighted by Crippen LogP contribution is -2.56. The molecule has 4 heteroatoms. The molecule has 1 unspecified atom stereocenters. The van der Waals surface area contributed by atoms with Crippen LogP contribution < -0.4 is 4.74 Å². The predicted molar refractivity (Wildman–Crippen MR) is 100 cm³/mol. The molecule has 24 heavy (non-hydrogen) atoms. The number of hydrogen-bond donors (Lipinski definition) is 1. The number of H-pyrrole nitrogens is 1. The highest BCUT2D eigenvalue weighted by molar-refractivity contribution is 5.86. The van der Waals surface area contributed by atoms with E-state index in [1.54, 1.807) is 18.4 Å². The van der Waals surface area contributed by atoms with Crippen LogP contribution in [0.2, 0.25) is 0 Å². The Balaban J connectivity index is 0.00000146. The van der Waals surface area contributed by atoms with Crippen LogP contribution in [-0.4, -0.2) is 36.1 Å². The van der Waals surface area contributed by atoms with E-state index < -0.39 is 0 Å². The standard InChI is InChI=1S/C20H26N2O.ClH/c1-3-13-8-12-9-17-19-16(6-7-22(11-12)20(13)17)15-5-4-14(23-2)10-18(15)21-19;/h4-5,10,12-13,17,20-21H,3,6-9,11H2,1-2H3;1H/t12-,13+,17+,20+;/m1./s1. The second kappa shape index (κ2) is 5.96. The molecular weight excluding hydrogens is 320 g/mol. The van der Waals surface area contributed by atoms with Crippen molar-refractivity contribution < 1.29 is 4.74 Å². The average Bonchev–Trinajstić information content (AvgIpc) is 2.92. The molecule has 3 aliphatic heterocycles. The summed E-state index contributed by atoms with van der Waals surface area (Å²) in [7, 11) is 1.75. The first kappa shape index (κ1) is 16.3. The molecule has 2 saturated heterocycles. The molecule has 3 fully saturated rings. The number of fused-ring (bicyclic) bond motifs is 4. The number of aromatic amines is 1. The number of aromatic nitrogens is 1. The van der Waals surface area contributed by atoms with Crippen LogP contribution in [-0.2, 0) is 6.42 Å². The quantitative estimate of drug-likeness (QED) is 0.875. The van der Waals surface area contributed by atoms with Crippen molar-refractivity contribution >= 4 is 23.3 Å². The minimum atomic E-state index is 0. The molecule has 5 atom stereocenters. The number of halogens is 1. The molecule has 4 heterocycles. The molecule has 1 N–H and O–H groups in total. The Labute approximate surface area is 150 Å². The first-order valence-corrected chi connectivity index (χ1v) is 9.21. The number of piperidine rings is 2. The lowest BCUT2D eigenvalue weighted by molar-refractivity contribution is -0.0134. The molecule has 130 valence electrons. The Hall–Kier alpha value is -1.19. The normalized spacial score (nSPS) is 33.7. The molecule has 1 aromatic heterocycles. The molecule has 6 rings (SSSR count). The molecule has 0 amide bonds. The Bertz CT molecular complexity index is 755. The van der Waals surface area contributed by atoms with Gasteiger partial charge in [-0.15, -0.1) is 12.4 Å². The maximum atomic E-state index is 5.42. The summed E-state index contributed by atoms with van der Waals surface area (Å²) in [5.41, 5.74) is 4.39. The van der Waals surface area contributed by atoms with Crippen LogP contribution in [0.5, 0.6) is 5.75 Å². The lowest BCUT2D eigenvalue weighted by Gasteiger charge is -2.53. The van der Waals surface area contributed by atoms with Gasteiger partial charge in [0.05, 0.1) is 7.11 Å². The van der Waals surface area contributed by atoms with Crippen LogP contribution in [0.25, 0.3) is 10.9 Å². The highest BCUT2D eigenvalue weighted by Crippen LogP contribution is 2.51. The van der Waals surface area contributed by atoms with Crippen LogP contribution in [0.1, 0.15) is 43.4 Å². The van der Waals surface area contributed by atoms with Crippen molar-refractivity contribution in [2.24, 2.45) is 11.8 Å². The molecule has 1 saturated carbocycles. The van der Waals surface area contributed by atoms with E-state index in [2.05, 4.69) is 35.0 Å². The van der Waals surface area contributed by atoms with Gasteiger partial charge < -0.3 is 9.72 Å². The molecular formula is C20H27ClN2O. The fourth-order valence-corrected chi connectivity index (χ4v) is 5.81. The van der Waals surface area contributed by atoms with Gasteiger partial charge >= 0.3 is 0 Å². The zero-order valence-electron chi connectivity index (χ0n) is 14.5. The Morgan fingerprint density at radius 1 is 1.29 bits per heavy atom. The summed E-state index contributed by atoms with van der Waals surface area (Å²) < 4.78 is 5.42. The van der Waals surface area contributed by atoms with E-state index in [4.69, 9.17) is 4.74 Å². The third kappa shape index (κ3) is 2.21. The molecule has 0 spiro atoms. The van der Waals surface area contributed by atoms with Crippen molar-refractivity contribution in [3.63, 3.8) is 0 Å². The Morgan fingerprint density at radius 2 is 2.17 bits per heavy atom. The van der Waals surface area contributed by atoms with Gasteiger partial charge in [-0.1, -0.05) is 13.3 Å². The van der Waals surface area contributed by atoms with Gasteiger partial charge in [0, 0.05) is 47.7 Å². The van der Waals surface area contributed by atoms with E-state index in [1.807, 2.05) is 0 Å². The minimum Gasteiger partial charge on any atom is -0.497 e. The van der Waals surface area contributed by atoms with Crippen molar-refractivity contribution in [2.45, 2.75) is 44.6 Å².